The highest BCUT2D eigenvalue weighted by molar-refractivity contribution is 7.92. The second kappa shape index (κ2) is 8.02. The van der Waals surface area contributed by atoms with Crippen LogP contribution in [0, 0.1) is 11.3 Å². The van der Waals surface area contributed by atoms with E-state index in [1.165, 1.54) is 6.07 Å². The van der Waals surface area contributed by atoms with Gasteiger partial charge in [-0.15, -0.1) is 11.3 Å². The summed E-state index contributed by atoms with van der Waals surface area (Å²) in [6.45, 7) is 0. The molecule has 0 saturated heterocycles. The molecule has 0 amide bonds. The first kappa shape index (κ1) is 19.7. The van der Waals surface area contributed by atoms with Gasteiger partial charge in [-0.05, 0) is 29.1 Å². The summed E-state index contributed by atoms with van der Waals surface area (Å²) in [4.78, 5) is 19.5. The zero-order chi connectivity index (χ0) is 21.1. The highest BCUT2D eigenvalue weighted by Gasteiger charge is 2.26. The van der Waals surface area contributed by atoms with E-state index in [0.717, 1.165) is 11.3 Å². The summed E-state index contributed by atoms with van der Waals surface area (Å²) < 4.78 is 29.7. The van der Waals surface area contributed by atoms with E-state index in [9.17, 15) is 18.5 Å². The van der Waals surface area contributed by atoms with E-state index in [4.69, 9.17) is 0 Å². The molecule has 0 radical (unpaired) electrons. The van der Waals surface area contributed by atoms with Gasteiger partial charge in [0.1, 0.15) is 16.0 Å². The van der Waals surface area contributed by atoms with Gasteiger partial charge in [-0.2, -0.15) is 18.1 Å². The molecule has 0 aliphatic carbocycles. The van der Waals surface area contributed by atoms with E-state index < -0.39 is 21.5 Å². The average Bonchev–Trinajstić information content (AvgIpc) is 3.30. The summed E-state index contributed by atoms with van der Waals surface area (Å²) >= 11 is 1.04. The summed E-state index contributed by atoms with van der Waals surface area (Å²) in [5, 5.41) is 11.9. The summed E-state index contributed by atoms with van der Waals surface area (Å²) in [5.74, 6) is -1.16. The topological polar surface area (TPSA) is 116 Å². The summed E-state index contributed by atoms with van der Waals surface area (Å²) in [6.07, 6.45) is 0. The van der Waals surface area contributed by atoms with E-state index in [-0.39, 0.29) is 15.7 Å². The zero-order valence-corrected chi connectivity index (χ0v) is 17.0. The predicted molar refractivity (Wildman–Crippen MR) is 115 cm³/mol. The molecule has 9 heteroatoms. The van der Waals surface area contributed by atoms with Gasteiger partial charge in [0.05, 0.1) is 22.7 Å². The standard InChI is InChI=1S/C21H14N4O3S2/c22-13-16(20-23-17-10-5-4-9-15(17)21(26)24-20)19(14-7-2-1-3-8-14)25-30(27,28)18-11-6-12-29-18/h1-12,16H,(H,23,24,26)/b25-19+. The second-order valence-electron chi connectivity index (χ2n) is 6.28. The third-order valence-corrected chi connectivity index (χ3v) is 7.01. The van der Waals surface area contributed by atoms with Crippen LogP contribution in [0.4, 0.5) is 0 Å². The van der Waals surface area contributed by atoms with E-state index in [1.54, 1.807) is 66.0 Å². The first-order valence-electron chi connectivity index (χ1n) is 8.82. The minimum absolute atomic E-state index is 0.00932. The van der Waals surface area contributed by atoms with Crippen molar-refractivity contribution in [2.45, 2.75) is 10.1 Å². The van der Waals surface area contributed by atoms with Gasteiger partial charge in [-0.25, -0.2) is 4.98 Å². The number of sulfonamides is 1. The third kappa shape index (κ3) is 3.78. The third-order valence-electron chi connectivity index (χ3n) is 4.34. The van der Waals surface area contributed by atoms with Gasteiger partial charge in [0.15, 0.2) is 0 Å². The first-order chi connectivity index (χ1) is 14.5. The summed E-state index contributed by atoms with van der Waals surface area (Å²) in [5.41, 5.74) is 0.430. The zero-order valence-electron chi connectivity index (χ0n) is 15.4. The fourth-order valence-corrected chi connectivity index (χ4v) is 4.98. The SMILES string of the molecule is N#CC(/C(=N/S(=O)(=O)c1cccs1)c1ccccc1)c1nc2ccccc2c(=O)[nH]1. The number of nitrogens with zero attached hydrogens (tertiary/aromatic N) is 3. The minimum atomic E-state index is -4.04. The number of nitriles is 1. The Balaban J connectivity index is 1.94. The lowest BCUT2D eigenvalue weighted by atomic mass is 9.97. The molecule has 1 unspecified atom stereocenters. The lowest BCUT2D eigenvalue weighted by molar-refractivity contribution is 0.600. The Bertz CT molecular complexity index is 1440. The van der Waals surface area contributed by atoms with Crippen molar-refractivity contribution in [1.29, 1.82) is 5.26 Å². The maximum absolute atomic E-state index is 12.8. The minimum Gasteiger partial charge on any atom is -0.309 e. The number of benzene rings is 2. The molecular weight excluding hydrogens is 420 g/mol. The van der Waals surface area contributed by atoms with E-state index in [2.05, 4.69) is 20.4 Å². The molecule has 4 aromatic rings. The van der Waals surface area contributed by atoms with Crippen molar-refractivity contribution < 1.29 is 8.42 Å². The van der Waals surface area contributed by atoms with Crippen LogP contribution >= 0.6 is 11.3 Å². The number of hydrogen-bond acceptors (Lipinski definition) is 6. The van der Waals surface area contributed by atoms with Crippen molar-refractivity contribution in [3.63, 3.8) is 0 Å². The number of rotatable bonds is 5. The Hall–Kier alpha value is -3.61. The molecule has 2 aromatic heterocycles. The molecular formula is C21H14N4O3S2. The van der Waals surface area contributed by atoms with Gasteiger partial charge in [-0.1, -0.05) is 48.5 Å². The average molecular weight is 435 g/mol. The van der Waals surface area contributed by atoms with Crippen LogP contribution in [0.15, 0.2) is 85.5 Å². The molecule has 0 fully saturated rings. The van der Waals surface area contributed by atoms with Crippen molar-refractivity contribution >= 4 is 38.0 Å². The molecule has 148 valence electrons. The highest BCUT2D eigenvalue weighted by Crippen LogP contribution is 2.24. The van der Waals surface area contributed by atoms with E-state index >= 15 is 0 Å². The maximum Gasteiger partial charge on any atom is 0.292 e. The van der Waals surface area contributed by atoms with Gasteiger partial charge in [0.2, 0.25) is 0 Å². The van der Waals surface area contributed by atoms with Crippen LogP contribution in [0.25, 0.3) is 10.9 Å². The fourth-order valence-electron chi connectivity index (χ4n) is 2.96. The van der Waals surface area contributed by atoms with Crippen LogP contribution in [0.1, 0.15) is 17.3 Å². The van der Waals surface area contributed by atoms with Crippen molar-refractivity contribution in [3.8, 4) is 6.07 Å². The van der Waals surface area contributed by atoms with Crippen molar-refractivity contribution in [2.24, 2.45) is 4.40 Å². The predicted octanol–water partition coefficient (Wildman–Crippen LogP) is 3.47. The van der Waals surface area contributed by atoms with Crippen LogP contribution in [0.2, 0.25) is 0 Å². The Morgan fingerprint density at radius 3 is 2.50 bits per heavy atom. The molecule has 0 bridgehead atoms. The molecule has 0 aliphatic heterocycles. The van der Waals surface area contributed by atoms with Gasteiger partial charge >= 0.3 is 0 Å². The quantitative estimate of drug-likeness (QED) is 0.483. The highest BCUT2D eigenvalue weighted by atomic mass is 32.2. The van der Waals surface area contributed by atoms with Gasteiger partial charge < -0.3 is 4.98 Å². The van der Waals surface area contributed by atoms with Crippen LogP contribution in [-0.2, 0) is 10.0 Å². The fraction of sp³-hybridized carbons (Fsp3) is 0.0476. The molecule has 0 spiro atoms. The normalized spacial score (nSPS) is 13.1. The van der Waals surface area contributed by atoms with Crippen LogP contribution < -0.4 is 5.56 Å². The smallest absolute Gasteiger partial charge is 0.292 e. The van der Waals surface area contributed by atoms with Crippen molar-refractivity contribution in [2.75, 3.05) is 0 Å². The monoisotopic (exact) mass is 434 g/mol. The Morgan fingerprint density at radius 2 is 1.80 bits per heavy atom. The number of nitrogens with one attached hydrogen (secondary N) is 1. The van der Waals surface area contributed by atoms with Gasteiger partial charge in [-0.3, -0.25) is 4.79 Å². The number of thiophene rings is 1. The molecule has 4 rings (SSSR count). The van der Waals surface area contributed by atoms with Crippen molar-refractivity contribution in [1.82, 2.24) is 9.97 Å². The Kier molecular flexibility index (Phi) is 5.27. The number of hydrogen-bond donors (Lipinski definition) is 1. The van der Waals surface area contributed by atoms with E-state index in [0.29, 0.717) is 16.5 Å². The molecule has 7 nitrogen and oxygen atoms in total. The Morgan fingerprint density at radius 1 is 1.07 bits per heavy atom. The molecule has 0 aliphatic rings. The Labute approximate surface area is 176 Å². The van der Waals surface area contributed by atoms with Crippen LogP contribution in [0.3, 0.4) is 0 Å². The molecule has 1 atom stereocenters. The number of aromatic nitrogens is 2. The molecule has 30 heavy (non-hydrogen) atoms. The number of para-hydroxylation sites is 1. The van der Waals surface area contributed by atoms with Gasteiger partial charge in [0, 0.05) is 0 Å². The number of aromatic amines is 1. The lowest BCUT2D eigenvalue weighted by Crippen LogP contribution is -2.21. The van der Waals surface area contributed by atoms with Crippen molar-refractivity contribution in [3.05, 3.63) is 93.9 Å². The van der Waals surface area contributed by atoms with Crippen LogP contribution in [0.5, 0.6) is 0 Å². The lowest BCUT2D eigenvalue weighted by Gasteiger charge is -2.13. The largest absolute Gasteiger partial charge is 0.309 e. The molecule has 0 saturated carbocycles. The summed E-state index contributed by atoms with van der Waals surface area (Å²) in [7, 11) is -4.04. The number of fused-ring (bicyclic) bond motifs is 1. The molecule has 2 aromatic carbocycles. The van der Waals surface area contributed by atoms with Gasteiger partial charge in [0.25, 0.3) is 15.6 Å². The van der Waals surface area contributed by atoms with E-state index in [1.807, 2.05) is 0 Å². The maximum atomic E-state index is 12.8. The van der Waals surface area contributed by atoms with Crippen LogP contribution in [-0.4, -0.2) is 24.1 Å². The second-order valence-corrected chi connectivity index (χ2v) is 9.06. The molecule has 2 heterocycles. The number of H-pyrrole nitrogens is 1. The first-order valence-corrected chi connectivity index (χ1v) is 11.1. The molecule has 1 N–H and O–H groups in total. The summed E-state index contributed by atoms with van der Waals surface area (Å²) in [6, 6.07) is 20.4.